The van der Waals surface area contributed by atoms with E-state index < -0.39 is 0 Å². The smallest absolute Gasteiger partial charge is 0.0588 e. The first kappa shape index (κ1) is 16.2. The summed E-state index contributed by atoms with van der Waals surface area (Å²) in [6.07, 6.45) is 4.15. The van der Waals surface area contributed by atoms with Crippen molar-refractivity contribution < 1.29 is 4.74 Å². The summed E-state index contributed by atoms with van der Waals surface area (Å²) < 4.78 is 5.61. The Morgan fingerprint density at radius 2 is 2.12 bits per heavy atom. The van der Waals surface area contributed by atoms with Gasteiger partial charge in [0.15, 0.2) is 0 Å². The number of hydrogen-bond donors (Lipinski definition) is 1. The number of rotatable bonds is 6. The van der Waals surface area contributed by atoms with Crippen LogP contribution in [0.1, 0.15) is 33.1 Å². The molecular weight excluding hydrogens is 224 g/mol. The van der Waals surface area contributed by atoms with E-state index in [2.05, 4.69) is 25.8 Å². The highest BCUT2D eigenvalue weighted by Crippen LogP contribution is 2.17. The molecule has 4 heteroatoms. The van der Waals surface area contributed by atoms with Crippen LogP contribution < -0.4 is 5.73 Å². The van der Waals surface area contributed by atoms with Crippen LogP contribution in [0.4, 0.5) is 0 Å². The molecule has 0 amide bonds. The van der Waals surface area contributed by atoms with Gasteiger partial charge in [-0.3, -0.25) is 0 Å². The minimum absolute atomic E-state index is 0. The first-order valence-corrected chi connectivity index (χ1v) is 6.04. The molecule has 1 fully saturated rings. The van der Waals surface area contributed by atoms with Gasteiger partial charge < -0.3 is 15.4 Å². The van der Waals surface area contributed by atoms with Crippen molar-refractivity contribution in [1.29, 1.82) is 0 Å². The molecule has 1 aliphatic heterocycles. The second-order valence-corrected chi connectivity index (χ2v) is 5.53. The molecule has 1 atom stereocenters. The summed E-state index contributed by atoms with van der Waals surface area (Å²) in [5, 5.41) is 0. The van der Waals surface area contributed by atoms with Crippen LogP contribution in [-0.2, 0) is 4.74 Å². The highest BCUT2D eigenvalue weighted by atomic mass is 35.5. The van der Waals surface area contributed by atoms with Crippen LogP contribution in [0.25, 0.3) is 0 Å². The molecule has 1 unspecified atom stereocenters. The largest absolute Gasteiger partial charge is 0.378 e. The quantitative estimate of drug-likeness (QED) is 0.783. The Labute approximate surface area is 106 Å². The van der Waals surface area contributed by atoms with Gasteiger partial charge in [-0.15, -0.1) is 12.4 Å². The van der Waals surface area contributed by atoms with Gasteiger partial charge in [-0.1, -0.05) is 13.8 Å². The van der Waals surface area contributed by atoms with Crippen molar-refractivity contribution in [2.24, 2.45) is 11.1 Å². The van der Waals surface area contributed by atoms with E-state index in [0.29, 0.717) is 6.10 Å². The first-order chi connectivity index (χ1) is 7.03. The van der Waals surface area contributed by atoms with Gasteiger partial charge in [0.25, 0.3) is 0 Å². The van der Waals surface area contributed by atoms with Crippen molar-refractivity contribution in [2.45, 2.75) is 39.2 Å². The van der Waals surface area contributed by atoms with Gasteiger partial charge in [0.05, 0.1) is 6.10 Å². The first-order valence-electron chi connectivity index (χ1n) is 6.04. The van der Waals surface area contributed by atoms with Crippen molar-refractivity contribution in [2.75, 3.05) is 33.3 Å². The minimum Gasteiger partial charge on any atom is -0.378 e. The summed E-state index contributed by atoms with van der Waals surface area (Å²) in [6.45, 7) is 8.33. The number of hydrogen-bond acceptors (Lipinski definition) is 3. The van der Waals surface area contributed by atoms with E-state index in [9.17, 15) is 0 Å². The SMILES string of the molecule is CN(CCC1CCCO1)CC(C)(C)CN.Cl. The molecule has 2 N–H and O–H groups in total. The Balaban J connectivity index is 0.00000225. The highest BCUT2D eigenvalue weighted by molar-refractivity contribution is 5.85. The van der Waals surface area contributed by atoms with Crippen molar-refractivity contribution >= 4 is 12.4 Å². The maximum Gasteiger partial charge on any atom is 0.0588 e. The molecule has 1 heterocycles. The van der Waals surface area contributed by atoms with Gasteiger partial charge in [-0.05, 0) is 38.3 Å². The molecule has 3 nitrogen and oxygen atoms in total. The molecule has 0 bridgehead atoms. The van der Waals surface area contributed by atoms with Crippen LogP contribution in [0.15, 0.2) is 0 Å². The van der Waals surface area contributed by atoms with Gasteiger partial charge in [0.2, 0.25) is 0 Å². The maximum atomic E-state index is 5.72. The highest BCUT2D eigenvalue weighted by Gasteiger charge is 2.20. The van der Waals surface area contributed by atoms with Crippen LogP contribution in [0.3, 0.4) is 0 Å². The third kappa shape index (κ3) is 6.04. The fourth-order valence-corrected chi connectivity index (χ4v) is 2.11. The third-order valence-electron chi connectivity index (χ3n) is 3.11. The predicted octanol–water partition coefficient (Wildman–Crippen LogP) is 1.89. The van der Waals surface area contributed by atoms with E-state index in [4.69, 9.17) is 10.5 Å². The Morgan fingerprint density at radius 3 is 2.62 bits per heavy atom. The van der Waals surface area contributed by atoms with Crippen molar-refractivity contribution in [1.82, 2.24) is 4.90 Å². The zero-order chi connectivity index (χ0) is 11.3. The lowest BCUT2D eigenvalue weighted by Gasteiger charge is -2.29. The topological polar surface area (TPSA) is 38.5 Å². The Morgan fingerprint density at radius 1 is 1.44 bits per heavy atom. The lowest BCUT2D eigenvalue weighted by atomic mass is 9.93. The summed E-state index contributed by atoms with van der Waals surface area (Å²) in [5.74, 6) is 0. The van der Waals surface area contributed by atoms with E-state index in [0.717, 1.165) is 32.7 Å². The van der Waals surface area contributed by atoms with Crippen molar-refractivity contribution in [3.8, 4) is 0 Å². The van der Waals surface area contributed by atoms with Gasteiger partial charge in [-0.2, -0.15) is 0 Å². The average molecular weight is 251 g/mol. The van der Waals surface area contributed by atoms with Crippen molar-refractivity contribution in [3.63, 3.8) is 0 Å². The molecule has 1 rings (SSSR count). The van der Waals surface area contributed by atoms with Crippen LogP contribution in [0, 0.1) is 5.41 Å². The van der Waals surface area contributed by atoms with Crippen LogP contribution in [-0.4, -0.2) is 44.3 Å². The molecule has 1 saturated heterocycles. The van der Waals surface area contributed by atoms with Crippen molar-refractivity contribution in [3.05, 3.63) is 0 Å². The van der Waals surface area contributed by atoms with E-state index in [1.165, 1.54) is 12.8 Å². The summed E-state index contributed by atoms with van der Waals surface area (Å²) in [7, 11) is 2.17. The van der Waals surface area contributed by atoms with Crippen LogP contribution >= 0.6 is 12.4 Å². The summed E-state index contributed by atoms with van der Waals surface area (Å²) in [5.41, 5.74) is 5.95. The summed E-state index contributed by atoms with van der Waals surface area (Å²) in [6, 6.07) is 0. The van der Waals surface area contributed by atoms with Gasteiger partial charge in [-0.25, -0.2) is 0 Å². The molecule has 0 radical (unpaired) electrons. The van der Waals surface area contributed by atoms with E-state index in [1.807, 2.05) is 0 Å². The maximum absolute atomic E-state index is 5.72. The molecule has 98 valence electrons. The Kier molecular flexibility index (Phi) is 7.57. The Bertz CT molecular complexity index is 182. The van der Waals surface area contributed by atoms with Gasteiger partial charge >= 0.3 is 0 Å². The van der Waals surface area contributed by atoms with E-state index in [-0.39, 0.29) is 17.8 Å². The molecule has 0 aliphatic carbocycles. The number of nitrogens with two attached hydrogens (primary N) is 1. The molecule has 0 aromatic rings. The molecule has 16 heavy (non-hydrogen) atoms. The standard InChI is InChI=1S/C12H26N2O.ClH/c1-12(2,9-13)10-14(3)7-6-11-5-4-8-15-11;/h11H,4-10,13H2,1-3H3;1H. The third-order valence-corrected chi connectivity index (χ3v) is 3.11. The summed E-state index contributed by atoms with van der Waals surface area (Å²) >= 11 is 0. The lowest BCUT2D eigenvalue weighted by Crippen LogP contribution is -2.37. The number of ether oxygens (including phenoxy) is 1. The second kappa shape index (κ2) is 7.49. The van der Waals surface area contributed by atoms with E-state index >= 15 is 0 Å². The molecule has 0 aromatic carbocycles. The number of halogens is 1. The summed E-state index contributed by atoms with van der Waals surface area (Å²) in [4.78, 5) is 2.37. The molecule has 0 spiro atoms. The molecule has 0 aromatic heterocycles. The monoisotopic (exact) mass is 250 g/mol. The fraction of sp³-hybridized carbons (Fsp3) is 1.00. The van der Waals surface area contributed by atoms with E-state index in [1.54, 1.807) is 0 Å². The lowest BCUT2D eigenvalue weighted by molar-refractivity contribution is 0.0903. The van der Waals surface area contributed by atoms with Crippen LogP contribution in [0.2, 0.25) is 0 Å². The fourth-order valence-electron chi connectivity index (χ4n) is 2.11. The predicted molar refractivity (Wildman–Crippen MR) is 71.2 cm³/mol. The molecular formula is C12H27ClN2O. The second-order valence-electron chi connectivity index (χ2n) is 5.53. The van der Waals surface area contributed by atoms with Gasteiger partial charge in [0.1, 0.15) is 0 Å². The zero-order valence-corrected chi connectivity index (χ0v) is 11.7. The normalized spacial score (nSPS) is 21.2. The molecule has 0 saturated carbocycles. The van der Waals surface area contributed by atoms with Gasteiger partial charge in [0, 0.05) is 19.7 Å². The Hall–Kier alpha value is 0.170. The minimum atomic E-state index is 0. The average Bonchev–Trinajstić information content (AvgIpc) is 2.66. The number of nitrogens with zero attached hydrogens (tertiary/aromatic N) is 1. The van der Waals surface area contributed by atoms with Crippen LogP contribution in [0.5, 0.6) is 0 Å². The zero-order valence-electron chi connectivity index (χ0n) is 10.9. The molecule has 1 aliphatic rings.